The second-order valence-corrected chi connectivity index (χ2v) is 7.25. The van der Waals surface area contributed by atoms with Gasteiger partial charge in [0.1, 0.15) is 5.69 Å². The van der Waals surface area contributed by atoms with Crippen molar-refractivity contribution >= 4 is 23.2 Å². The van der Waals surface area contributed by atoms with Crippen molar-refractivity contribution in [2.75, 3.05) is 24.5 Å². The van der Waals surface area contributed by atoms with E-state index in [1.54, 1.807) is 30.9 Å². The predicted molar refractivity (Wildman–Crippen MR) is 109 cm³/mol. The summed E-state index contributed by atoms with van der Waals surface area (Å²) in [5.74, 6) is 0.258. The first-order valence-electron chi connectivity index (χ1n) is 9.20. The highest BCUT2D eigenvalue weighted by Crippen LogP contribution is 2.25. The minimum absolute atomic E-state index is 0.157. The molecule has 28 heavy (non-hydrogen) atoms. The van der Waals surface area contributed by atoms with E-state index in [-0.39, 0.29) is 5.91 Å². The molecule has 1 aliphatic rings. The molecule has 1 amide bonds. The van der Waals surface area contributed by atoms with Crippen LogP contribution in [-0.2, 0) is 0 Å². The smallest absolute Gasteiger partial charge is 0.269 e. The molecule has 7 heteroatoms. The third-order valence-corrected chi connectivity index (χ3v) is 5.14. The van der Waals surface area contributed by atoms with Gasteiger partial charge in [-0.25, -0.2) is 0 Å². The van der Waals surface area contributed by atoms with Gasteiger partial charge in [0.15, 0.2) is 0 Å². The molecular formula is C21H20ClN5O. The van der Waals surface area contributed by atoms with Gasteiger partial charge in [-0.15, -0.1) is 0 Å². The van der Waals surface area contributed by atoms with Crippen molar-refractivity contribution in [3.63, 3.8) is 0 Å². The highest BCUT2D eigenvalue weighted by molar-refractivity contribution is 6.30. The highest BCUT2D eigenvalue weighted by atomic mass is 35.5. The fourth-order valence-electron chi connectivity index (χ4n) is 3.34. The number of carbonyl (C=O) groups is 1. The van der Waals surface area contributed by atoms with E-state index in [4.69, 9.17) is 11.6 Å². The first kappa shape index (κ1) is 18.4. The summed E-state index contributed by atoms with van der Waals surface area (Å²) >= 11 is 5.96. The fourth-order valence-corrected chi connectivity index (χ4v) is 3.47. The summed E-state index contributed by atoms with van der Waals surface area (Å²) in [4.78, 5) is 27.3. The van der Waals surface area contributed by atoms with Crippen LogP contribution in [0.3, 0.4) is 0 Å². The van der Waals surface area contributed by atoms with Crippen molar-refractivity contribution in [2.45, 2.75) is 6.42 Å². The molecule has 0 aliphatic carbocycles. The maximum Gasteiger partial charge on any atom is 0.269 e. The second-order valence-electron chi connectivity index (χ2n) is 6.81. The lowest BCUT2D eigenvalue weighted by atomic mass is 10.1. The zero-order chi connectivity index (χ0) is 19.3. The van der Waals surface area contributed by atoms with Crippen LogP contribution >= 0.6 is 11.6 Å². The fraction of sp³-hybridized carbons (Fsp3) is 0.238. The molecule has 3 heterocycles. The predicted octanol–water partition coefficient (Wildman–Crippen LogP) is 3.45. The zero-order valence-electron chi connectivity index (χ0n) is 15.3. The van der Waals surface area contributed by atoms with Crippen LogP contribution in [0.2, 0.25) is 5.02 Å². The van der Waals surface area contributed by atoms with E-state index in [1.807, 2.05) is 30.3 Å². The molecule has 6 nitrogen and oxygen atoms in total. The summed E-state index contributed by atoms with van der Waals surface area (Å²) in [7, 11) is 0. The summed E-state index contributed by atoms with van der Waals surface area (Å²) in [6, 6.07) is 11.4. The molecule has 1 aliphatic heterocycles. The van der Waals surface area contributed by atoms with E-state index in [0.29, 0.717) is 18.2 Å². The Kier molecular flexibility index (Phi) is 5.48. The van der Waals surface area contributed by atoms with E-state index in [0.717, 1.165) is 35.8 Å². The lowest BCUT2D eigenvalue weighted by Gasteiger charge is -2.19. The SMILES string of the molecule is O=C(NCC1CCN(c2ccc(Cl)cc2)C1)c1ccc(-c2cnccn2)cn1. The van der Waals surface area contributed by atoms with Gasteiger partial charge in [0.05, 0.1) is 11.9 Å². The van der Waals surface area contributed by atoms with E-state index >= 15 is 0 Å². The third kappa shape index (κ3) is 4.28. The second kappa shape index (κ2) is 8.35. The normalized spacial score (nSPS) is 16.2. The average molecular weight is 394 g/mol. The van der Waals surface area contributed by atoms with Crippen LogP contribution < -0.4 is 10.2 Å². The van der Waals surface area contributed by atoms with Crippen molar-refractivity contribution in [1.82, 2.24) is 20.3 Å². The number of benzene rings is 1. The van der Waals surface area contributed by atoms with Crippen molar-refractivity contribution in [1.29, 1.82) is 0 Å². The lowest BCUT2D eigenvalue weighted by Crippen LogP contribution is -2.31. The van der Waals surface area contributed by atoms with Gasteiger partial charge in [-0.05, 0) is 48.7 Å². The molecule has 0 spiro atoms. The zero-order valence-corrected chi connectivity index (χ0v) is 16.0. The summed E-state index contributed by atoms with van der Waals surface area (Å²) < 4.78 is 0. The van der Waals surface area contributed by atoms with Crippen LogP contribution in [0.15, 0.2) is 61.2 Å². The van der Waals surface area contributed by atoms with Crippen LogP contribution in [0, 0.1) is 5.92 Å². The molecule has 1 unspecified atom stereocenters. The molecule has 2 aromatic heterocycles. The molecule has 0 saturated carbocycles. The Morgan fingerprint density at radius 2 is 1.96 bits per heavy atom. The van der Waals surface area contributed by atoms with Crippen molar-refractivity contribution in [2.24, 2.45) is 5.92 Å². The van der Waals surface area contributed by atoms with Crippen LogP contribution in [-0.4, -0.2) is 40.5 Å². The number of nitrogens with one attached hydrogen (secondary N) is 1. The molecule has 1 fully saturated rings. The average Bonchev–Trinajstić information content (AvgIpc) is 3.22. The topological polar surface area (TPSA) is 71.0 Å². The molecule has 0 radical (unpaired) electrons. The van der Waals surface area contributed by atoms with Crippen molar-refractivity contribution in [3.8, 4) is 11.3 Å². The summed E-state index contributed by atoms with van der Waals surface area (Å²) in [6.07, 6.45) is 7.61. The Hall–Kier alpha value is -2.99. The number of hydrogen-bond donors (Lipinski definition) is 1. The van der Waals surface area contributed by atoms with Crippen molar-refractivity contribution in [3.05, 3.63) is 71.9 Å². The number of aromatic nitrogens is 3. The standard InChI is InChI=1S/C21H20ClN5O/c22-17-2-4-18(5-3-17)27-10-7-15(14-27)11-26-21(28)19-6-1-16(12-25-19)20-13-23-8-9-24-20/h1-6,8-9,12-13,15H,7,10-11,14H2,(H,26,28). The maximum atomic E-state index is 12.4. The van der Waals surface area contributed by atoms with Gasteiger partial charge in [-0.3, -0.25) is 19.7 Å². The van der Waals surface area contributed by atoms with Gasteiger partial charge in [0.2, 0.25) is 0 Å². The van der Waals surface area contributed by atoms with Gasteiger partial charge in [-0.1, -0.05) is 11.6 Å². The van der Waals surface area contributed by atoms with E-state index in [9.17, 15) is 4.79 Å². The number of carbonyl (C=O) groups excluding carboxylic acids is 1. The van der Waals surface area contributed by atoms with E-state index in [2.05, 4.69) is 25.2 Å². The van der Waals surface area contributed by atoms with Gasteiger partial charge in [0.25, 0.3) is 5.91 Å². The van der Waals surface area contributed by atoms with Gasteiger partial charge < -0.3 is 10.2 Å². The maximum absolute atomic E-state index is 12.4. The Morgan fingerprint density at radius 1 is 1.11 bits per heavy atom. The first-order valence-corrected chi connectivity index (χ1v) is 9.58. The largest absolute Gasteiger partial charge is 0.371 e. The minimum Gasteiger partial charge on any atom is -0.371 e. The molecule has 0 bridgehead atoms. The van der Waals surface area contributed by atoms with Crippen LogP contribution in [0.1, 0.15) is 16.9 Å². The number of halogens is 1. The van der Waals surface area contributed by atoms with Crippen LogP contribution in [0.5, 0.6) is 0 Å². The number of nitrogens with zero attached hydrogens (tertiary/aromatic N) is 4. The quantitative estimate of drug-likeness (QED) is 0.718. The number of rotatable bonds is 5. The molecule has 1 saturated heterocycles. The van der Waals surface area contributed by atoms with E-state index in [1.165, 1.54) is 5.69 Å². The van der Waals surface area contributed by atoms with Gasteiger partial charge >= 0.3 is 0 Å². The van der Waals surface area contributed by atoms with Crippen LogP contribution in [0.4, 0.5) is 5.69 Å². The Labute approximate surface area is 168 Å². The number of anilines is 1. The molecule has 3 aromatic rings. The number of pyridine rings is 1. The summed E-state index contributed by atoms with van der Waals surface area (Å²) in [5, 5.41) is 3.74. The molecule has 142 valence electrons. The number of hydrogen-bond acceptors (Lipinski definition) is 5. The first-order chi connectivity index (χ1) is 13.7. The molecule has 1 aromatic carbocycles. The Morgan fingerprint density at radius 3 is 2.68 bits per heavy atom. The highest BCUT2D eigenvalue weighted by Gasteiger charge is 2.23. The molecule has 4 rings (SSSR count). The van der Waals surface area contributed by atoms with Gasteiger partial charge in [-0.2, -0.15) is 0 Å². The van der Waals surface area contributed by atoms with Crippen molar-refractivity contribution < 1.29 is 4.79 Å². The molecular weight excluding hydrogens is 374 g/mol. The molecule has 1 N–H and O–H groups in total. The summed E-state index contributed by atoms with van der Waals surface area (Å²) in [6.45, 7) is 2.53. The van der Waals surface area contributed by atoms with E-state index < -0.39 is 0 Å². The lowest BCUT2D eigenvalue weighted by molar-refractivity contribution is 0.0943. The van der Waals surface area contributed by atoms with Crippen LogP contribution in [0.25, 0.3) is 11.3 Å². The Bertz CT molecular complexity index is 931. The minimum atomic E-state index is -0.157. The number of amides is 1. The Balaban J connectivity index is 1.30. The van der Waals surface area contributed by atoms with Gasteiger partial charge in [0, 0.05) is 54.5 Å². The monoisotopic (exact) mass is 393 g/mol. The summed E-state index contributed by atoms with van der Waals surface area (Å²) in [5.41, 5.74) is 3.13. The third-order valence-electron chi connectivity index (χ3n) is 4.88. The molecule has 1 atom stereocenters.